The van der Waals surface area contributed by atoms with Crippen molar-refractivity contribution >= 4 is 15.9 Å². The molecule has 1 unspecified atom stereocenters. The molecule has 1 N–H and O–H groups in total. The largest absolute Gasteiger partial charge is 0.341 e. The molecule has 0 radical (unpaired) electrons. The van der Waals surface area contributed by atoms with Crippen LogP contribution in [0.25, 0.3) is 0 Å². The minimum absolute atomic E-state index is 0.154. The first kappa shape index (κ1) is 17.9. The molecular formula is C17H26N2O3S. The first-order valence-corrected chi connectivity index (χ1v) is 9.65. The van der Waals surface area contributed by atoms with Gasteiger partial charge in [0.1, 0.15) is 0 Å². The van der Waals surface area contributed by atoms with E-state index in [-0.39, 0.29) is 17.3 Å². The van der Waals surface area contributed by atoms with Gasteiger partial charge < -0.3 is 4.90 Å². The molecule has 23 heavy (non-hydrogen) atoms. The second-order valence-corrected chi connectivity index (χ2v) is 8.40. The molecule has 1 aromatic rings. The van der Waals surface area contributed by atoms with Crippen LogP contribution in [0.1, 0.15) is 45.1 Å². The molecular weight excluding hydrogens is 312 g/mol. The van der Waals surface area contributed by atoms with Crippen LogP contribution in [0, 0.1) is 5.92 Å². The summed E-state index contributed by atoms with van der Waals surface area (Å²) in [6.07, 6.45) is 2.11. The second-order valence-electron chi connectivity index (χ2n) is 6.64. The van der Waals surface area contributed by atoms with E-state index in [0.717, 1.165) is 18.4 Å². The lowest BCUT2D eigenvalue weighted by molar-refractivity contribution is -0.131. The number of hydrogen-bond donors (Lipinski definition) is 1. The predicted octanol–water partition coefficient (Wildman–Crippen LogP) is 2.35. The zero-order valence-corrected chi connectivity index (χ0v) is 14.9. The minimum Gasteiger partial charge on any atom is -0.341 e. The molecule has 0 aliphatic carbocycles. The standard InChI is InChI=1S/C17H26N2O3S/c1-13(2)15-6-8-16(9-7-15)23(21,22)18-11-17(20)19-10-4-5-14(3)12-19/h6-9,13-14,18H,4-5,10-12H2,1-3H3. The number of carbonyl (C=O) groups is 1. The lowest BCUT2D eigenvalue weighted by atomic mass is 10.0. The quantitative estimate of drug-likeness (QED) is 0.896. The van der Waals surface area contributed by atoms with Gasteiger partial charge in [0.15, 0.2) is 0 Å². The maximum absolute atomic E-state index is 12.3. The lowest BCUT2D eigenvalue weighted by Crippen LogP contribution is -2.44. The fourth-order valence-electron chi connectivity index (χ4n) is 2.80. The molecule has 0 bridgehead atoms. The molecule has 1 saturated heterocycles. The normalized spacial score (nSPS) is 19.1. The zero-order chi connectivity index (χ0) is 17.0. The SMILES string of the molecule is CC1CCCN(C(=O)CNS(=O)(=O)c2ccc(C(C)C)cc2)C1. The Hall–Kier alpha value is -1.40. The topological polar surface area (TPSA) is 66.5 Å². The van der Waals surface area contributed by atoms with Crippen molar-refractivity contribution in [2.75, 3.05) is 19.6 Å². The second kappa shape index (κ2) is 7.45. The van der Waals surface area contributed by atoms with Crippen LogP contribution in [0.4, 0.5) is 0 Å². The number of nitrogens with zero attached hydrogens (tertiary/aromatic N) is 1. The number of nitrogens with one attached hydrogen (secondary N) is 1. The van der Waals surface area contributed by atoms with Crippen molar-refractivity contribution in [2.24, 2.45) is 5.92 Å². The molecule has 0 aromatic heterocycles. The van der Waals surface area contributed by atoms with Crippen LogP contribution in [0.15, 0.2) is 29.2 Å². The van der Waals surface area contributed by atoms with Crippen LogP contribution in [-0.4, -0.2) is 38.9 Å². The maximum atomic E-state index is 12.3. The van der Waals surface area contributed by atoms with Crippen molar-refractivity contribution < 1.29 is 13.2 Å². The van der Waals surface area contributed by atoms with E-state index in [1.165, 1.54) is 0 Å². The van der Waals surface area contributed by atoms with Gasteiger partial charge in [-0.25, -0.2) is 13.1 Å². The van der Waals surface area contributed by atoms with Gasteiger partial charge in [0.2, 0.25) is 15.9 Å². The Balaban J connectivity index is 1.96. The summed E-state index contributed by atoms with van der Waals surface area (Å²) < 4.78 is 27.0. The fourth-order valence-corrected chi connectivity index (χ4v) is 3.77. The molecule has 0 spiro atoms. The van der Waals surface area contributed by atoms with Crippen LogP contribution in [-0.2, 0) is 14.8 Å². The van der Waals surface area contributed by atoms with Crippen molar-refractivity contribution in [3.63, 3.8) is 0 Å². The molecule has 6 heteroatoms. The smallest absolute Gasteiger partial charge is 0.241 e. The molecule has 0 saturated carbocycles. The van der Waals surface area contributed by atoms with Gasteiger partial charge >= 0.3 is 0 Å². The highest BCUT2D eigenvalue weighted by Gasteiger charge is 2.22. The Kier molecular flexibility index (Phi) is 5.81. The monoisotopic (exact) mass is 338 g/mol. The molecule has 1 fully saturated rings. The fraction of sp³-hybridized carbons (Fsp3) is 0.588. The number of sulfonamides is 1. The van der Waals surface area contributed by atoms with Crippen LogP contribution < -0.4 is 4.72 Å². The number of hydrogen-bond acceptors (Lipinski definition) is 3. The summed E-state index contributed by atoms with van der Waals surface area (Å²) in [5, 5.41) is 0. The Bertz CT molecular complexity index is 638. The molecule has 1 atom stereocenters. The zero-order valence-electron chi connectivity index (χ0n) is 14.1. The highest BCUT2D eigenvalue weighted by molar-refractivity contribution is 7.89. The van der Waals surface area contributed by atoms with Crippen molar-refractivity contribution in [1.82, 2.24) is 9.62 Å². The molecule has 1 heterocycles. The number of likely N-dealkylation sites (tertiary alicyclic amines) is 1. The summed E-state index contributed by atoms with van der Waals surface area (Å²) in [4.78, 5) is 14.1. The number of benzene rings is 1. The number of amides is 1. The average molecular weight is 338 g/mol. The third-order valence-electron chi connectivity index (χ3n) is 4.28. The van der Waals surface area contributed by atoms with E-state index in [4.69, 9.17) is 0 Å². The third kappa shape index (κ3) is 4.78. The Labute approximate surface area is 139 Å². The summed E-state index contributed by atoms with van der Waals surface area (Å²) in [7, 11) is -3.65. The van der Waals surface area contributed by atoms with Gasteiger partial charge in [-0.05, 0) is 42.4 Å². The average Bonchev–Trinajstić information content (AvgIpc) is 2.52. The summed E-state index contributed by atoms with van der Waals surface area (Å²) >= 11 is 0. The van der Waals surface area contributed by atoms with Crippen molar-refractivity contribution in [2.45, 2.75) is 44.4 Å². The van der Waals surface area contributed by atoms with Gasteiger partial charge in [0, 0.05) is 13.1 Å². The summed E-state index contributed by atoms with van der Waals surface area (Å²) in [5.74, 6) is 0.675. The Morgan fingerprint density at radius 2 is 1.96 bits per heavy atom. The van der Waals surface area contributed by atoms with Crippen molar-refractivity contribution in [3.05, 3.63) is 29.8 Å². The van der Waals surface area contributed by atoms with Gasteiger partial charge in [0.25, 0.3) is 0 Å². The van der Waals surface area contributed by atoms with Gasteiger partial charge in [-0.2, -0.15) is 0 Å². The summed E-state index contributed by atoms with van der Waals surface area (Å²) in [5.41, 5.74) is 1.09. The molecule has 2 rings (SSSR count). The molecule has 5 nitrogen and oxygen atoms in total. The minimum atomic E-state index is -3.65. The van der Waals surface area contributed by atoms with Crippen LogP contribution >= 0.6 is 0 Å². The highest BCUT2D eigenvalue weighted by atomic mass is 32.2. The summed E-state index contributed by atoms with van der Waals surface area (Å²) in [6.45, 7) is 7.47. The Morgan fingerprint density at radius 3 is 2.52 bits per heavy atom. The van der Waals surface area contributed by atoms with E-state index >= 15 is 0 Å². The highest BCUT2D eigenvalue weighted by Crippen LogP contribution is 2.18. The molecule has 128 valence electrons. The van der Waals surface area contributed by atoms with Crippen molar-refractivity contribution in [1.29, 1.82) is 0 Å². The van der Waals surface area contributed by atoms with E-state index in [1.54, 1.807) is 17.0 Å². The maximum Gasteiger partial charge on any atom is 0.241 e. The first-order chi connectivity index (χ1) is 10.8. The first-order valence-electron chi connectivity index (χ1n) is 8.17. The van der Waals surface area contributed by atoms with E-state index in [2.05, 4.69) is 25.5 Å². The van der Waals surface area contributed by atoms with Gasteiger partial charge in [-0.1, -0.05) is 32.9 Å². The molecule has 1 amide bonds. The van der Waals surface area contributed by atoms with E-state index < -0.39 is 10.0 Å². The van der Waals surface area contributed by atoms with Gasteiger partial charge in [0.05, 0.1) is 11.4 Å². The number of carbonyl (C=O) groups excluding carboxylic acids is 1. The molecule has 1 aliphatic heterocycles. The lowest BCUT2D eigenvalue weighted by Gasteiger charge is -2.31. The van der Waals surface area contributed by atoms with Crippen LogP contribution in [0.2, 0.25) is 0 Å². The predicted molar refractivity (Wildman–Crippen MR) is 90.7 cm³/mol. The van der Waals surface area contributed by atoms with Crippen LogP contribution in [0.5, 0.6) is 0 Å². The van der Waals surface area contributed by atoms with Crippen LogP contribution in [0.3, 0.4) is 0 Å². The van der Waals surface area contributed by atoms with E-state index in [1.807, 2.05) is 12.1 Å². The number of rotatable bonds is 5. The molecule has 1 aliphatic rings. The number of piperidine rings is 1. The third-order valence-corrected chi connectivity index (χ3v) is 5.70. The summed E-state index contributed by atoms with van der Waals surface area (Å²) in [6, 6.07) is 6.80. The van der Waals surface area contributed by atoms with Gasteiger partial charge in [-0.15, -0.1) is 0 Å². The van der Waals surface area contributed by atoms with Gasteiger partial charge in [-0.3, -0.25) is 4.79 Å². The van der Waals surface area contributed by atoms with E-state index in [9.17, 15) is 13.2 Å². The Morgan fingerprint density at radius 1 is 1.30 bits per heavy atom. The van der Waals surface area contributed by atoms with Crippen molar-refractivity contribution in [3.8, 4) is 0 Å². The molecule has 1 aromatic carbocycles. The van der Waals surface area contributed by atoms with E-state index in [0.29, 0.717) is 24.9 Å².